The van der Waals surface area contributed by atoms with Crippen molar-refractivity contribution in [3.8, 4) is 0 Å². The van der Waals surface area contributed by atoms with E-state index in [9.17, 15) is 8.42 Å². The SMILES string of the molecule is CCCN(C1CNC1)S(=O)(=O)N(C)C1CCCCC1. The maximum Gasteiger partial charge on any atom is 0.282 e. The van der Waals surface area contributed by atoms with Gasteiger partial charge in [-0.25, -0.2) is 0 Å². The van der Waals surface area contributed by atoms with Crippen LogP contribution in [0, 0.1) is 0 Å². The summed E-state index contributed by atoms with van der Waals surface area (Å²) in [6.07, 6.45) is 6.45. The van der Waals surface area contributed by atoms with Gasteiger partial charge in [0.25, 0.3) is 10.2 Å². The first-order valence-electron chi connectivity index (χ1n) is 7.53. The van der Waals surface area contributed by atoms with Gasteiger partial charge < -0.3 is 5.32 Å². The van der Waals surface area contributed by atoms with E-state index in [2.05, 4.69) is 5.32 Å². The fraction of sp³-hybridized carbons (Fsp3) is 1.00. The Hall–Kier alpha value is -0.170. The lowest BCUT2D eigenvalue weighted by Gasteiger charge is -2.41. The van der Waals surface area contributed by atoms with Gasteiger partial charge in [-0.05, 0) is 19.3 Å². The summed E-state index contributed by atoms with van der Waals surface area (Å²) in [6, 6.07) is 0.349. The predicted octanol–water partition coefficient (Wildman–Crippen LogP) is 1.18. The molecule has 1 N–H and O–H groups in total. The van der Waals surface area contributed by atoms with Crippen LogP contribution >= 0.6 is 0 Å². The molecule has 2 fully saturated rings. The van der Waals surface area contributed by atoms with Crippen molar-refractivity contribution < 1.29 is 8.42 Å². The van der Waals surface area contributed by atoms with Crippen LogP contribution in [0.2, 0.25) is 0 Å². The van der Waals surface area contributed by atoms with Crippen molar-refractivity contribution in [2.24, 2.45) is 0 Å². The Bertz CT molecular complexity index is 375. The molecule has 1 aliphatic carbocycles. The highest BCUT2D eigenvalue weighted by atomic mass is 32.2. The first kappa shape index (κ1) is 15.2. The molecule has 19 heavy (non-hydrogen) atoms. The first-order valence-corrected chi connectivity index (χ1v) is 8.92. The van der Waals surface area contributed by atoms with Gasteiger partial charge in [0.15, 0.2) is 0 Å². The number of nitrogens with zero attached hydrogens (tertiary/aromatic N) is 2. The van der Waals surface area contributed by atoms with Gasteiger partial charge in [0.2, 0.25) is 0 Å². The molecule has 0 unspecified atom stereocenters. The Labute approximate surface area is 117 Å². The van der Waals surface area contributed by atoms with Crippen LogP contribution in [0.4, 0.5) is 0 Å². The van der Waals surface area contributed by atoms with E-state index in [-0.39, 0.29) is 12.1 Å². The van der Waals surface area contributed by atoms with Crippen molar-refractivity contribution >= 4 is 10.2 Å². The molecular formula is C13H27N3O2S. The highest BCUT2D eigenvalue weighted by molar-refractivity contribution is 7.86. The Morgan fingerprint density at radius 3 is 2.21 bits per heavy atom. The molecule has 112 valence electrons. The van der Waals surface area contributed by atoms with Crippen LogP contribution in [0.25, 0.3) is 0 Å². The van der Waals surface area contributed by atoms with Crippen LogP contribution in [0.1, 0.15) is 45.4 Å². The van der Waals surface area contributed by atoms with Crippen LogP contribution in [0.3, 0.4) is 0 Å². The molecule has 1 aliphatic heterocycles. The van der Waals surface area contributed by atoms with E-state index >= 15 is 0 Å². The summed E-state index contributed by atoms with van der Waals surface area (Å²) >= 11 is 0. The predicted molar refractivity (Wildman–Crippen MR) is 77.2 cm³/mol. The topological polar surface area (TPSA) is 52.7 Å². The van der Waals surface area contributed by atoms with Crippen LogP contribution < -0.4 is 5.32 Å². The Morgan fingerprint density at radius 1 is 1.11 bits per heavy atom. The minimum atomic E-state index is -3.30. The van der Waals surface area contributed by atoms with E-state index in [1.54, 1.807) is 15.7 Å². The lowest BCUT2D eigenvalue weighted by molar-refractivity contribution is 0.208. The zero-order valence-electron chi connectivity index (χ0n) is 12.1. The molecular weight excluding hydrogens is 262 g/mol. The number of hydrogen-bond acceptors (Lipinski definition) is 3. The van der Waals surface area contributed by atoms with Crippen molar-refractivity contribution in [2.75, 3.05) is 26.7 Å². The second-order valence-corrected chi connectivity index (χ2v) is 7.68. The Balaban J connectivity index is 2.08. The summed E-state index contributed by atoms with van der Waals surface area (Å²) in [5.41, 5.74) is 0. The number of hydrogen-bond donors (Lipinski definition) is 1. The molecule has 0 bridgehead atoms. The zero-order valence-corrected chi connectivity index (χ0v) is 13.0. The minimum Gasteiger partial charge on any atom is -0.313 e. The molecule has 0 aromatic heterocycles. The zero-order chi connectivity index (χ0) is 13.9. The molecule has 6 heteroatoms. The quantitative estimate of drug-likeness (QED) is 0.799. The standard InChI is InChI=1S/C13H27N3O2S/c1-3-9-16(13-10-14-11-13)19(17,18)15(2)12-7-5-4-6-8-12/h12-14H,3-11H2,1-2H3. The number of rotatable bonds is 6. The molecule has 2 rings (SSSR count). The Kier molecular flexibility index (Phi) is 5.22. The molecule has 0 amide bonds. The van der Waals surface area contributed by atoms with Gasteiger partial charge in [0, 0.05) is 32.7 Å². The third kappa shape index (κ3) is 3.29. The summed E-state index contributed by atoms with van der Waals surface area (Å²) in [5, 5.41) is 3.17. The molecule has 0 radical (unpaired) electrons. The van der Waals surface area contributed by atoms with Gasteiger partial charge in [-0.3, -0.25) is 0 Å². The average molecular weight is 289 g/mol. The average Bonchev–Trinajstić information content (AvgIpc) is 2.36. The smallest absolute Gasteiger partial charge is 0.282 e. The molecule has 1 heterocycles. The van der Waals surface area contributed by atoms with Crippen molar-refractivity contribution in [3.63, 3.8) is 0 Å². The van der Waals surface area contributed by atoms with Crippen LogP contribution in [-0.2, 0) is 10.2 Å². The van der Waals surface area contributed by atoms with Gasteiger partial charge in [-0.2, -0.15) is 17.0 Å². The van der Waals surface area contributed by atoms with E-state index in [1.165, 1.54) is 6.42 Å². The van der Waals surface area contributed by atoms with E-state index < -0.39 is 10.2 Å². The van der Waals surface area contributed by atoms with Crippen molar-refractivity contribution in [2.45, 2.75) is 57.5 Å². The molecule has 0 atom stereocenters. The molecule has 0 spiro atoms. The normalized spacial score (nSPS) is 22.9. The molecule has 1 saturated heterocycles. The van der Waals surface area contributed by atoms with E-state index in [4.69, 9.17) is 0 Å². The second kappa shape index (κ2) is 6.52. The molecule has 5 nitrogen and oxygen atoms in total. The van der Waals surface area contributed by atoms with Crippen LogP contribution in [0.5, 0.6) is 0 Å². The highest BCUT2D eigenvalue weighted by Crippen LogP contribution is 2.26. The number of nitrogens with one attached hydrogen (secondary N) is 1. The molecule has 0 aromatic carbocycles. The van der Waals surface area contributed by atoms with Crippen LogP contribution in [-0.4, -0.2) is 55.8 Å². The van der Waals surface area contributed by atoms with Gasteiger partial charge in [0.1, 0.15) is 0 Å². The summed E-state index contributed by atoms with van der Waals surface area (Å²) in [7, 11) is -1.53. The van der Waals surface area contributed by atoms with Crippen molar-refractivity contribution in [3.05, 3.63) is 0 Å². The van der Waals surface area contributed by atoms with Gasteiger partial charge in [0.05, 0.1) is 6.04 Å². The second-order valence-electron chi connectivity index (χ2n) is 5.74. The lowest BCUT2D eigenvalue weighted by atomic mass is 9.96. The van der Waals surface area contributed by atoms with E-state index in [1.807, 2.05) is 6.92 Å². The summed E-state index contributed by atoms with van der Waals surface area (Å²) in [5.74, 6) is 0. The molecule has 0 aromatic rings. The molecule has 1 saturated carbocycles. The summed E-state index contributed by atoms with van der Waals surface area (Å²) in [4.78, 5) is 0. The first-order chi connectivity index (χ1) is 9.07. The highest BCUT2D eigenvalue weighted by Gasteiger charge is 2.38. The monoisotopic (exact) mass is 289 g/mol. The maximum absolute atomic E-state index is 12.8. The van der Waals surface area contributed by atoms with Crippen molar-refractivity contribution in [1.82, 2.24) is 13.9 Å². The maximum atomic E-state index is 12.8. The third-order valence-electron chi connectivity index (χ3n) is 4.36. The van der Waals surface area contributed by atoms with Crippen LogP contribution in [0.15, 0.2) is 0 Å². The largest absolute Gasteiger partial charge is 0.313 e. The minimum absolute atomic E-state index is 0.149. The fourth-order valence-electron chi connectivity index (χ4n) is 2.98. The Morgan fingerprint density at radius 2 is 1.74 bits per heavy atom. The van der Waals surface area contributed by atoms with Crippen molar-refractivity contribution in [1.29, 1.82) is 0 Å². The summed E-state index contributed by atoms with van der Waals surface area (Å²) in [6.45, 7) is 4.25. The van der Waals surface area contributed by atoms with E-state index in [0.717, 1.165) is 45.2 Å². The van der Waals surface area contributed by atoms with Gasteiger partial charge in [-0.1, -0.05) is 26.2 Å². The lowest BCUT2D eigenvalue weighted by Crippen LogP contribution is -2.61. The van der Waals surface area contributed by atoms with E-state index in [0.29, 0.717) is 6.54 Å². The fourth-order valence-corrected chi connectivity index (χ4v) is 4.84. The molecule has 2 aliphatic rings. The van der Waals surface area contributed by atoms with Gasteiger partial charge >= 0.3 is 0 Å². The summed E-state index contributed by atoms with van der Waals surface area (Å²) < 4.78 is 28.9. The van der Waals surface area contributed by atoms with Gasteiger partial charge in [-0.15, -0.1) is 0 Å². The third-order valence-corrected chi connectivity index (χ3v) is 6.46.